The van der Waals surface area contributed by atoms with E-state index in [2.05, 4.69) is 96.9 Å². The van der Waals surface area contributed by atoms with E-state index >= 15 is 0 Å². The normalized spacial score (nSPS) is 59.6. The standard InChI is InChI=1S/2C19H34N2.3C19H33NO.2C19H33N/c1-18-9-3-4-13(18)12-5-6-15-17(21)16(20)8-11-19(15,2)14(12)7-10-18;1-18-8-3-4-14(18)13-6-5-12-10-16(20)17(21)11-19(12,2)15(13)7-9-18;1-18-9-3-4-13(18)12-5-6-15-17(20)16(21)8-11-19(15,2)14(12)7-10-18;1-18-8-3-4-14(18)13-6-5-12-10-17(21)16(20)11-19(12,2)15(13)7-9-18;1-18-8-3-4-14(18)13-6-5-12-10-16(20)17(21)11-19(12,2)15(13)7-9-18;1-18-10-3-5-14(18)13-7-8-16-17(20)6-4-11-19(16,2)15(13)9-12-18;1-18-10-3-4-16(18)15-8-6-13-5-7-14(20)12-19(13,2)17(15)9-11-18/h2*12-17H,3-11,20-21H2,1-2H3;3*12-17,21H,3-11,20H2,1-2H3;2*13-17H,3-12,20H2,1-2H3/t12-,13-,14-,15-,16?,17?,18-,19+;12-,13-,14-,15-,16?,17?,18-,19-;12-,13-,14-,15-,16?,17?,18-,19+;2*12-,13-,14-,15-,16?,17?,18-,19-;13-,14-,15-,16-,17?,18-,19+;13-,14?,15+,16+,17+,18+,19+/m0000001/s1. The Labute approximate surface area is 889 Å². The van der Waals surface area contributed by atoms with Crippen molar-refractivity contribution in [2.75, 3.05) is 0 Å². The van der Waals surface area contributed by atoms with Gasteiger partial charge in [-0.15, -0.1) is 0 Å². The topological polar surface area (TPSA) is 295 Å². The highest BCUT2D eigenvalue weighted by atomic mass is 16.3. The van der Waals surface area contributed by atoms with Gasteiger partial charge in [0.2, 0.25) is 0 Å². The van der Waals surface area contributed by atoms with Crippen LogP contribution in [0, 0.1) is 242 Å². The SMILES string of the molecule is C[C@@]12CCC[C@H]1[C@@H]1CC[C@H]3C(N)C(N)CC[C@]3(C)[C@H]1CC2.C[C@@]12CCC[C@H]1[C@@H]1CC[C@H]3C(N)C(O)CC[C@]3(C)[C@H]1CC2.C[C@@]12CCC[C@H]1[C@@H]1CC[C@H]3C(N)CCC[C@]3(C)[C@H]1CC2.C[C@@]12CCC[C@H]1[C@@H]1CC[C@H]3CC(N)C(N)C[C@]3(C)[C@H]1CC2.C[C@@]12CCC[C@H]1[C@@H]1CC[C@H]3CC(N)C(O)C[C@]3(C)[C@H]1CC2.C[C@@]12CCC[C@H]1[C@@H]1CC[C@H]3CC(O)C(N)C[C@]3(C)[C@H]1CC2.C[C@@]12CCC[C@H]1[C@@H]1CC[C@H]3CCC(N)C[C@]3(C)[C@H]1CC2. The van der Waals surface area contributed by atoms with Crippen molar-refractivity contribution in [3.63, 3.8) is 0 Å². The number of hydrogen-bond acceptors (Lipinski definition) is 12. The predicted octanol–water partition coefficient (Wildman–Crippen LogP) is 28.0. The van der Waals surface area contributed by atoms with Crippen molar-refractivity contribution in [3.05, 3.63) is 0 Å². The van der Waals surface area contributed by atoms with E-state index in [4.69, 9.17) is 51.6 Å². The molecule has 28 rings (SSSR count). The van der Waals surface area contributed by atoms with Crippen LogP contribution in [-0.2, 0) is 0 Å². The van der Waals surface area contributed by atoms with Crippen molar-refractivity contribution in [1.82, 2.24) is 0 Å². The van der Waals surface area contributed by atoms with Crippen molar-refractivity contribution >= 4 is 0 Å². The van der Waals surface area contributed by atoms with E-state index in [-0.39, 0.29) is 60.6 Å². The third-order valence-electron chi connectivity index (χ3n) is 60.0. The summed E-state index contributed by atoms with van der Waals surface area (Å²) in [6.07, 6.45) is 90.1. The molecule has 0 aromatic carbocycles. The van der Waals surface area contributed by atoms with Crippen molar-refractivity contribution in [1.29, 1.82) is 0 Å². The summed E-state index contributed by atoms with van der Waals surface area (Å²) < 4.78 is 0. The molecule has 28 fully saturated rings. The summed E-state index contributed by atoms with van der Waals surface area (Å²) in [6, 6.07) is 2.06. The van der Waals surface area contributed by atoms with E-state index in [1.54, 1.807) is 6.42 Å². The van der Waals surface area contributed by atoms with Gasteiger partial charge in [-0.1, -0.05) is 148 Å². The minimum absolute atomic E-state index is 0.0156. The van der Waals surface area contributed by atoms with Crippen LogP contribution in [0.3, 0.4) is 0 Å². The highest BCUT2D eigenvalue weighted by molar-refractivity contribution is 5.20. The molecule has 12 unspecified atom stereocenters. The molecule has 54 atom stereocenters. The van der Waals surface area contributed by atoms with Crippen LogP contribution in [0.1, 0.15) is 514 Å². The number of aliphatic hydroxyl groups excluding tert-OH is 3. The summed E-state index contributed by atoms with van der Waals surface area (Å²) in [5.74, 6) is 25.9. The van der Waals surface area contributed by atoms with Crippen LogP contribution in [0.4, 0.5) is 0 Å². The molecule has 0 saturated heterocycles. The fraction of sp³-hybridized carbons (Fsp3) is 1.00. The maximum Gasteiger partial charge on any atom is 0.0696 e. The van der Waals surface area contributed by atoms with Gasteiger partial charge in [-0.2, -0.15) is 0 Å². The van der Waals surface area contributed by atoms with Gasteiger partial charge in [0.25, 0.3) is 0 Å². The first-order valence-corrected chi connectivity index (χ1v) is 65.6. The average molecular weight is 2010 g/mol. The van der Waals surface area contributed by atoms with E-state index < -0.39 is 0 Å². The van der Waals surface area contributed by atoms with Crippen LogP contribution in [0.15, 0.2) is 0 Å². The van der Waals surface area contributed by atoms with Gasteiger partial charge >= 0.3 is 0 Å². The Morgan fingerprint density at radius 1 is 0.159 bits per heavy atom. The van der Waals surface area contributed by atoms with E-state index in [0.717, 1.165) is 192 Å². The first kappa shape index (κ1) is 109. The van der Waals surface area contributed by atoms with Crippen molar-refractivity contribution < 1.29 is 15.3 Å². The highest BCUT2D eigenvalue weighted by Crippen LogP contribution is 2.76. The summed E-state index contributed by atoms with van der Waals surface area (Å²) >= 11 is 0. The second-order valence-electron chi connectivity index (χ2n) is 65.6. The Morgan fingerprint density at radius 3 is 0.821 bits per heavy atom. The van der Waals surface area contributed by atoms with Gasteiger partial charge in [0.05, 0.1) is 18.3 Å². The Balaban J connectivity index is 0.0000000964. The molecular formula is C133H233N9O3. The lowest BCUT2D eigenvalue weighted by atomic mass is 9.44. The fourth-order valence-corrected chi connectivity index (χ4v) is 51.8. The maximum atomic E-state index is 10.4. The second kappa shape index (κ2) is 40.4. The van der Waals surface area contributed by atoms with E-state index in [1.807, 2.05) is 0 Å². The molecule has 145 heavy (non-hydrogen) atoms. The van der Waals surface area contributed by atoms with Crippen LogP contribution >= 0.6 is 0 Å². The molecule has 12 nitrogen and oxygen atoms in total. The van der Waals surface area contributed by atoms with Gasteiger partial charge in [-0.25, -0.2) is 0 Å². The Hall–Kier alpha value is -0.480. The molecule has 28 aliphatic carbocycles. The van der Waals surface area contributed by atoms with Gasteiger partial charge in [0, 0.05) is 54.4 Å². The Kier molecular flexibility index (Phi) is 30.3. The summed E-state index contributed by atoms with van der Waals surface area (Å²) in [4.78, 5) is 0. The first-order valence-electron chi connectivity index (χ1n) is 65.6. The van der Waals surface area contributed by atoms with Crippen molar-refractivity contribution in [2.45, 2.75) is 587 Å². The van der Waals surface area contributed by atoms with Gasteiger partial charge in [-0.05, 0) is 607 Å². The maximum absolute atomic E-state index is 10.4. The molecule has 0 spiro atoms. The number of fused-ring (bicyclic) bond motifs is 35. The molecule has 0 radical (unpaired) electrons. The lowest BCUT2D eigenvalue weighted by molar-refractivity contribution is -0.129. The zero-order valence-electron chi connectivity index (χ0n) is 96.6. The van der Waals surface area contributed by atoms with Gasteiger partial charge < -0.3 is 66.9 Å². The average Bonchev–Trinajstić information content (AvgIpc) is 1.37. The van der Waals surface area contributed by atoms with Gasteiger partial charge in [-0.3, -0.25) is 0 Å². The third-order valence-corrected chi connectivity index (χ3v) is 60.0. The molecule has 21 N–H and O–H groups in total. The molecule has 0 heterocycles. The second-order valence-corrected chi connectivity index (χ2v) is 65.6. The molecular weight excluding hydrogens is 1770 g/mol. The molecule has 28 aliphatic rings. The van der Waals surface area contributed by atoms with Crippen LogP contribution in [-0.4, -0.2) is 88.0 Å². The molecule has 0 aromatic rings. The first-order chi connectivity index (χ1) is 68.8. The highest BCUT2D eigenvalue weighted by Gasteiger charge is 2.69. The Bertz CT molecular complexity index is 4020. The minimum Gasteiger partial charge on any atom is -0.392 e. The molecule has 0 aromatic heterocycles. The third kappa shape index (κ3) is 18.4. The monoisotopic (exact) mass is 2000 g/mol. The zero-order valence-corrected chi connectivity index (χ0v) is 96.6. The number of nitrogens with two attached hydrogens (primary N) is 9. The van der Waals surface area contributed by atoms with Gasteiger partial charge in [0.1, 0.15) is 0 Å². The molecule has 0 aliphatic heterocycles. The number of hydrogen-bond donors (Lipinski definition) is 12. The summed E-state index contributed by atoms with van der Waals surface area (Å²) in [5, 5.41) is 30.8. The molecule has 28 saturated carbocycles. The Morgan fingerprint density at radius 2 is 0.441 bits per heavy atom. The largest absolute Gasteiger partial charge is 0.392 e. The fourth-order valence-electron chi connectivity index (χ4n) is 51.8. The van der Waals surface area contributed by atoms with E-state index in [0.29, 0.717) is 99.7 Å². The summed E-state index contributed by atoms with van der Waals surface area (Å²) in [7, 11) is 0. The molecule has 0 amide bonds. The lowest BCUT2D eigenvalue weighted by Gasteiger charge is -2.61. The van der Waals surface area contributed by atoms with E-state index in [1.165, 1.54) is 372 Å². The predicted molar refractivity (Wildman–Crippen MR) is 601 cm³/mol. The van der Waals surface area contributed by atoms with Gasteiger partial charge in [0.15, 0.2) is 0 Å². The summed E-state index contributed by atoms with van der Waals surface area (Å²) in [5.41, 5.74) is 65.4. The summed E-state index contributed by atoms with van der Waals surface area (Å²) in [6.45, 7) is 36.1. The van der Waals surface area contributed by atoms with Crippen LogP contribution in [0.25, 0.3) is 0 Å². The number of aliphatic hydroxyl groups is 3. The number of rotatable bonds is 0. The molecule has 12 heteroatoms. The zero-order chi connectivity index (χ0) is 102. The molecule has 0 bridgehead atoms. The van der Waals surface area contributed by atoms with Crippen LogP contribution in [0.5, 0.6) is 0 Å². The van der Waals surface area contributed by atoms with E-state index in [9.17, 15) is 15.3 Å². The smallest absolute Gasteiger partial charge is 0.0696 e. The van der Waals surface area contributed by atoms with Crippen LogP contribution < -0.4 is 51.6 Å². The lowest BCUT2D eigenvalue weighted by Crippen LogP contribution is -2.62. The minimum atomic E-state index is -0.262. The van der Waals surface area contributed by atoms with Crippen LogP contribution in [0.2, 0.25) is 0 Å². The van der Waals surface area contributed by atoms with Crippen molar-refractivity contribution in [3.8, 4) is 0 Å². The van der Waals surface area contributed by atoms with Crippen molar-refractivity contribution in [2.24, 2.45) is 293 Å². The molecule has 828 valence electrons. The quantitative estimate of drug-likeness (QED) is 0.108.